The zero-order valence-electron chi connectivity index (χ0n) is 11.3. The minimum absolute atomic E-state index is 0.0723. The van der Waals surface area contributed by atoms with Crippen LogP contribution < -0.4 is 10.6 Å². The number of amides is 1. The predicted molar refractivity (Wildman–Crippen MR) is 73.7 cm³/mol. The topological polar surface area (TPSA) is 64.9 Å². The van der Waals surface area contributed by atoms with Gasteiger partial charge in [-0.2, -0.15) is 5.26 Å². The highest BCUT2D eigenvalue weighted by Crippen LogP contribution is 2.17. The first-order valence-corrected chi connectivity index (χ1v) is 6.66. The van der Waals surface area contributed by atoms with Crippen LogP contribution in [0.5, 0.6) is 0 Å². The number of piperidine rings is 1. The molecule has 4 heteroatoms. The summed E-state index contributed by atoms with van der Waals surface area (Å²) in [6.45, 7) is 5.27. The van der Waals surface area contributed by atoms with Gasteiger partial charge in [-0.1, -0.05) is 6.92 Å². The molecule has 0 saturated carbocycles. The van der Waals surface area contributed by atoms with E-state index in [0.29, 0.717) is 17.0 Å². The summed E-state index contributed by atoms with van der Waals surface area (Å²) in [5, 5.41) is 15.2. The quantitative estimate of drug-likeness (QED) is 0.847. The Morgan fingerprint density at radius 1 is 1.37 bits per heavy atom. The molecule has 1 heterocycles. The molecular weight excluding hydrogens is 238 g/mol. The van der Waals surface area contributed by atoms with Crippen LogP contribution in [0.2, 0.25) is 0 Å². The van der Waals surface area contributed by atoms with Gasteiger partial charge in [0.1, 0.15) is 0 Å². The van der Waals surface area contributed by atoms with Gasteiger partial charge in [0, 0.05) is 17.6 Å². The molecule has 100 valence electrons. The van der Waals surface area contributed by atoms with Crippen molar-refractivity contribution in [2.24, 2.45) is 5.92 Å². The molecule has 0 bridgehead atoms. The van der Waals surface area contributed by atoms with E-state index in [2.05, 4.69) is 24.5 Å². The van der Waals surface area contributed by atoms with Gasteiger partial charge in [-0.05, 0) is 50.1 Å². The van der Waals surface area contributed by atoms with Crippen molar-refractivity contribution in [3.63, 3.8) is 0 Å². The summed E-state index contributed by atoms with van der Waals surface area (Å²) in [6, 6.07) is 9.20. The lowest BCUT2D eigenvalue weighted by atomic mass is 9.89. The van der Waals surface area contributed by atoms with E-state index in [1.54, 1.807) is 24.3 Å². The first kappa shape index (κ1) is 13.6. The van der Waals surface area contributed by atoms with Crippen molar-refractivity contribution in [2.45, 2.75) is 32.4 Å². The standard InChI is InChI=1S/C15H19N3O/c1-10-7-8-17-11(2)14(10)18-15(19)13-5-3-12(9-16)4-6-13/h3-6,10-11,14,17H,7-8H2,1-2H3,(H,18,19). The van der Waals surface area contributed by atoms with Crippen molar-refractivity contribution >= 4 is 5.91 Å². The molecule has 2 rings (SSSR count). The molecule has 4 nitrogen and oxygen atoms in total. The van der Waals surface area contributed by atoms with Crippen LogP contribution in [-0.2, 0) is 0 Å². The summed E-state index contributed by atoms with van der Waals surface area (Å²) in [7, 11) is 0. The van der Waals surface area contributed by atoms with Crippen LogP contribution in [0.3, 0.4) is 0 Å². The number of carbonyl (C=O) groups excluding carboxylic acids is 1. The molecule has 0 spiro atoms. The Labute approximate surface area is 113 Å². The maximum atomic E-state index is 12.2. The molecule has 1 aromatic carbocycles. The average Bonchev–Trinajstić information content (AvgIpc) is 2.43. The van der Waals surface area contributed by atoms with Gasteiger partial charge in [-0.3, -0.25) is 4.79 Å². The van der Waals surface area contributed by atoms with Crippen molar-refractivity contribution in [1.82, 2.24) is 10.6 Å². The van der Waals surface area contributed by atoms with Crippen molar-refractivity contribution in [1.29, 1.82) is 5.26 Å². The Balaban J connectivity index is 2.05. The molecule has 3 atom stereocenters. The molecule has 1 fully saturated rings. The fraction of sp³-hybridized carbons (Fsp3) is 0.467. The number of benzene rings is 1. The lowest BCUT2D eigenvalue weighted by Crippen LogP contribution is -2.55. The number of carbonyl (C=O) groups is 1. The number of nitrogens with zero attached hydrogens (tertiary/aromatic N) is 1. The molecule has 0 aliphatic carbocycles. The molecule has 1 aromatic rings. The summed E-state index contributed by atoms with van der Waals surface area (Å²) in [6.07, 6.45) is 1.07. The van der Waals surface area contributed by atoms with E-state index >= 15 is 0 Å². The van der Waals surface area contributed by atoms with E-state index in [1.165, 1.54) is 0 Å². The minimum atomic E-state index is -0.0723. The van der Waals surface area contributed by atoms with Crippen LogP contribution in [0.1, 0.15) is 36.2 Å². The van der Waals surface area contributed by atoms with Gasteiger partial charge in [-0.25, -0.2) is 0 Å². The van der Waals surface area contributed by atoms with Crippen LogP contribution in [0.15, 0.2) is 24.3 Å². The summed E-state index contributed by atoms with van der Waals surface area (Å²) in [5.74, 6) is 0.399. The Hall–Kier alpha value is -1.86. The third kappa shape index (κ3) is 3.12. The maximum Gasteiger partial charge on any atom is 0.251 e. The van der Waals surface area contributed by atoms with E-state index in [-0.39, 0.29) is 18.0 Å². The van der Waals surface area contributed by atoms with Crippen LogP contribution in [-0.4, -0.2) is 24.5 Å². The fourth-order valence-electron chi connectivity index (χ4n) is 2.54. The minimum Gasteiger partial charge on any atom is -0.347 e. The van der Waals surface area contributed by atoms with E-state index < -0.39 is 0 Å². The van der Waals surface area contributed by atoms with Crippen molar-refractivity contribution in [3.8, 4) is 6.07 Å². The molecule has 0 aromatic heterocycles. The molecule has 0 radical (unpaired) electrons. The number of hydrogen-bond acceptors (Lipinski definition) is 3. The third-order valence-electron chi connectivity index (χ3n) is 3.79. The van der Waals surface area contributed by atoms with Gasteiger partial charge in [0.15, 0.2) is 0 Å². The third-order valence-corrected chi connectivity index (χ3v) is 3.79. The monoisotopic (exact) mass is 257 g/mol. The molecule has 1 aliphatic heterocycles. The Morgan fingerprint density at radius 2 is 2.05 bits per heavy atom. The van der Waals surface area contributed by atoms with E-state index in [4.69, 9.17) is 5.26 Å². The molecule has 1 saturated heterocycles. The first-order chi connectivity index (χ1) is 9.11. The smallest absolute Gasteiger partial charge is 0.251 e. The molecule has 19 heavy (non-hydrogen) atoms. The second kappa shape index (κ2) is 5.85. The fourth-order valence-corrected chi connectivity index (χ4v) is 2.54. The predicted octanol–water partition coefficient (Wildman–Crippen LogP) is 1.67. The molecular formula is C15H19N3O. The molecule has 2 N–H and O–H groups in total. The van der Waals surface area contributed by atoms with Gasteiger partial charge in [-0.15, -0.1) is 0 Å². The number of nitriles is 1. The van der Waals surface area contributed by atoms with Crippen molar-refractivity contribution < 1.29 is 4.79 Å². The Morgan fingerprint density at radius 3 is 2.63 bits per heavy atom. The summed E-state index contributed by atoms with van der Waals surface area (Å²) >= 11 is 0. The Kier molecular flexibility index (Phi) is 4.18. The SMILES string of the molecule is CC1CCNC(C)C1NC(=O)c1ccc(C#N)cc1. The first-order valence-electron chi connectivity index (χ1n) is 6.66. The molecule has 1 amide bonds. The average molecular weight is 257 g/mol. The van der Waals surface area contributed by atoms with E-state index in [1.807, 2.05) is 6.07 Å². The van der Waals surface area contributed by atoms with Crippen LogP contribution in [0.25, 0.3) is 0 Å². The van der Waals surface area contributed by atoms with Crippen molar-refractivity contribution in [2.75, 3.05) is 6.54 Å². The number of hydrogen-bond donors (Lipinski definition) is 2. The van der Waals surface area contributed by atoms with Gasteiger partial charge < -0.3 is 10.6 Å². The van der Waals surface area contributed by atoms with Crippen LogP contribution >= 0.6 is 0 Å². The lowest BCUT2D eigenvalue weighted by Gasteiger charge is -2.36. The maximum absolute atomic E-state index is 12.2. The largest absolute Gasteiger partial charge is 0.347 e. The zero-order chi connectivity index (χ0) is 13.8. The van der Waals surface area contributed by atoms with Crippen LogP contribution in [0.4, 0.5) is 0 Å². The highest BCUT2D eigenvalue weighted by atomic mass is 16.1. The summed E-state index contributed by atoms with van der Waals surface area (Å²) in [4.78, 5) is 12.2. The second-order valence-corrected chi connectivity index (χ2v) is 5.20. The Bertz CT molecular complexity index is 479. The number of nitrogens with one attached hydrogen (secondary N) is 2. The molecule has 1 aliphatic rings. The lowest BCUT2D eigenvalue weighted by molar-refractivity contribution is 0.0897. The second-order valence-electron chi connectivity index (χ2n) is 5.20. The van der Waals surface area contributed by atoms with Gasteiger partial charge >= 0.3 is 0 Å². The van der Waals surface area contributed by atoms with Gasteiger partial charge in [0.25, 0.3) is 5.91 Å². The summed E-state index contributed by atoms with van der Waals surface area (Å²) < 4.78 is 0. The van der Waals surface area contributed by atoms with Gasteiger partial charge in [0.05, 0.1) is 11.6 Å². The summed E-state index contributed by atoms with van der Waals surface area (Å²) in [5.41, 5.74) is 1.17. The van der Waals surface area contributed by atoms with Crippen molar-refractivity contribution in [3.05, 3.63) is 35.4 Å². The van der Waals surface area contributed by atoms with E-state index in [9.17, 15) is 4.79 Å². The highest BCUT2D eigenvalue weighted by Gasteiger charge is 2.28. The van der Waals surface area contributed by atoms with E-state index in [0.717, 1.165) is 13.0 Å². The zero-order valence-corrected chi connectivity index (χ0v) is 11.3. The highest BCUT2D eigenvalue weighted by molar-refractivity contribution is 5.94. The number of rotatable bonds is 2. The van der Waals surface area contributed by atoms with Gasteiger partial charge in [0.2, 0.25) is 0 Å². The normalized spacial score (nSPS) is 26.5. The van der Waals surface area contributed by atoms with Crippen LogP contribution in [0, 0.1) is 17.2 Å². The molecule has 3 unspecified atom stereocenters.